The maximum atomic E-state index is 14.8. The predicted molar refractivity (Wildman–Crippen MR) is 234 cm³/mol. The second kappa shape index (κ2) is 17.6. The summed E-state index contributed by atoms with van der Waals surface area (Å²) in [6.45, 7) is 14.5. The monoisotopic (exact) mass is 879 g/mol. The van der Waals surface area contributed by atoms with Crippen molar-refractivity contribution in [2.24, 2.45) is 23.2 Å². The number of anilines is 1. The molecule has 7 rings (SSSR count). The quantitative estimate of drug-likeness (QED) is 0.109. The van der Waals surface area contributed by atoms with Crippen LogP contribution in [0.1, 0.15) is 66.7 Å². The minimum absolute atomic E-state index is 0.0138. The molecule has 0 bridgehead atoms. The molecule has 1 aromatic carbocycles. The van der Waals surface area contributed by atoms with Crippen molar-refractivity contribution >= 4 is 62.8 Å². The van der Waals surface area contributed by atoms with Gasteiger partial charge in [-0.1, -0.05) is 38.4 Å². The Morgan fingerprint density at radius 3 is 2.44 bits per heavy atom. The third-order valence-corrected chi connectivity index (χ3v) is 13.1. The number of thiazole rings is 1. The van der Waals surface area contributed by atoms with Gasteiger partial charge in [0.25, 0.3) is 0 Å². The number of hydrogen-bond acceptors (Lipinski definition) is 13. The smallest absolute Gasteiger partial charge is 0.408 e. The first-order valence-electron chi connectivity index (χ1n) is 21.0. The Morgan fingerprint density at radius 1 is 1.07 bits per heavy atom. The number of ether oxygens (including phenoxy) is 4. The summed E-state index contributed by atoms with van der Waals surface area (Å²) in [5.74, 6) is 0.113. The Morgan fingerprint density at radius 2 is 1.80 bits per heavy atom. The van der Waals surface area contributed by atoms with Crippen molar-refractivity contribution in [3.63, 3.8) is 0 Å². The molecule has 3 aromatic rings. The number of halogens is 1. The van der Waals surface area contributed by atoms with E-state index in [0.29, 0.717) is 70.2 Å². The summed E-state index contributed by atoms with van der Waals surface area (Å²) in [5, 5.41) is 12.6. The molecule has 3 heterocycles. The number of amides is 3. The molecule has 3 N–H and O–H groups in total. The summed E-state index contributed by atoms with van der Waals surface area (Å²) >= 11 is 8.48. The molecule has 2 aromatic heterocycles. The molecule has 1 saturated heterocycles. The molecule has 0 spiro atoms. The molecule has 15 nitrogen and oxygen atoms in total. The van der Waals surface area contributed by atoms with Crippen LogP contribution in [0.5, 0.6) is 11.5 Å². The molecular weight excluding hydrogens is 822 g/mol. The SMILES string of the molecule is C=C[C@@H]1CC1(NC(=O)[C@@H]1C[C@@H](Oc2cc(-c3csc(NC(C)C)n3)nc3c(Cl)c(OCCN(C)C)ccc23)CN1C(=O)[C@@H](NC(=O)O[C@@H]1C[C@@H]2C[C@@H]2C1)C(C)(C)C)C(=O)OC. The van der Waals surface area contributed by atoms with Crippen molar-refractivity contribution in [1.29, 1.82) is 0 Å². The molecule has 17 heteroatoms. The van der Waals surface area contributed by atoms with Crippen molar-refractivity contribution in [2.75, 3.05) is 46.2 Å². The van der Waals surface area contributed by atoms with Crippen molar-refractivity contribution < 1.29 is 38.1 Å². The van der Waals surface area contributed by atoms with Gasteiger partial charge in [-0.2, -0.15) is 0 Å². The van der Waals surface area contributed by atoms with Gasteiger partial charge in [-0.15, -0.1) is 17.9 Å². The number of aromatic nitrogens is 2. The highest BCUT2D eigenvalue weighted by molar-refractivity contribution is 7.14. The highest BCUT2D eigenvalue weighted by atomic mass is 35.5. The van der Waals surface area contributed by atoms with Crippen LogP contribution in [-0.2, 0) is 23.9 Å². The zero-order valence-corrected chi connectivity index (χ0v) is 37.8. The van der Waals surface area contributed by atoms with E-state index < -0.39 is 53.0 Å². The van der Waals surface area contributed by atoms with E-state index in [1.54, 1.807) is 18.2 Å². The van der Waals surface area contributed by atoms with Gasteiger partial charge in [-0.05, 0) is 83.0 Å². The predicted octanol–water partition coefficient (Wildman–Crippen LogP) is 6.29. The molecule has 4 fully saturated rings. The largest absolute Gasteiger partial charge is 0.491 e. The maximum Gasteiger partial charge on any atom is 0.408 e. The fraction of sp³-hybridized carbons (Fsp3) is 0.591. The lowest BCUT2D eigenvalue weighted by molar-refractivity contribution is -0.148. The summed E-state index contributed by atoms with van der Waals surface area (Å²) in [7, 11) is 5.18. The molecule has 0 radical (unpaired) electrons. The highest BCUT2D eigenvalue weighted by Gasteiger charge is 2.62. The number of hydrogen-bond donors (Lipinski definition) is 3. The molecule has 3 amide bonds. The van der Waals surface area contributed by atoms with Gasteiger partial charge in [0.2, 0.25) is 11.8 Å². The molecule has 1 aliphatic heterocycles. The van der Waals surface area contributed by atoms with Gasteiger partial charge in [0.05, 0.1) is 24.9 Å². The normalized spacial score (nSPS) is 25.8. The third-order valence-electron chi connectivity index (χ3n) is 12.0. The molecule has 3 saturated carbocycles. The van der Waals surface area contributed by atoms with Gasteiger partial charge in [0.15, 0.2) is 5.13 Å². The molecular formula is C44H58ClN7O8S. The number of likely N-dealkylation sites (tertiary alicyclic amines) is 1. The van der Waals surface area contributed by atoms with Crippen LogP contribution in [-0.4, -0.2) is 120 Å². The Hall–Kier alpha value is -4.67. The number of nitrogens with zero attached hydrogens (tertiary/aromatic N) is 4. The average molecular weight is 881 g/mol. The zero-order chi connectivity index (χ0) is 44.0. The Balaban J connectivity index is 1.21. The van der Waals surface area contributed by atoms with Gasteiger partial charge in [0, 0.05) is 41.8 Å². The second-order valence-electron chi connectivity index (χ2n) is 18.4. The highest BCUT2D eigenvalue weighted by Crippen LogP contribution is 2.52. The lowest BCUT2D eigenvalue weighted by Gasteiger charge is -2.35. The van der Waals surface area contributed by atoms with Crippen LogP contribution in [0.4, 0.5) is 9.93 Å². The van der Waals surface area contributed by atoms with Crippen LogP contribution in [0, 0.1) is 23.2 Å². The number of likely N-dealkylation sites (N-methyl/N-ethyl adjacent to an activating group) is 1. The number of methoxy groups -OCH3 is 1. The molecule has 3 aliphatic carbocycles. The van der Waals surface area contributed by atoms with E-state index in [-0.39, 0.29) is 31.0 Å². The fourth-order valence-electron chi connectivity index (χ4n) is 8.51. The molecule has 4 aliphatic rings. The summed E-state index contributed by atoms with van der Waals surface area (Å²) in [6.07, 6.45) is 3.24. The topological polar surface area (TPSA) is 174 Å². The number of carbonyl (C=O) groups is 4. The standard InChI is InChI=1S/C44H58ClN7O8S/c1-10-26-20-44(26,40(55)57-9)50-38(53)32-18-28(21-52(32)39(54)37(43(4,5)6)49-42(56)60-27-16-24-15-25(24)17-27)59-34-19-30(31-22-61-41(48-31)46-23(2)3)47-36-29(34)11-12-33(35(36)45)58-14-13-51(7)8/h10-12,19,22-28,32,37H,1,13-18,20-21H2,2-9H3,(H,46,48)(H,49,56)(H,50,53)/t24-,25+,26-,27+,28-,32+,37-,44?/m1/s1. The van der Waals surface area contributed by atoms with Crippen molar-refractivity contribution in [1.82, 2.24) is 30.4 Å². The Kier molecular flexibility index (Phi) is 12.8. The van der Waals surface area contributed by atoms with Crippen LogP contribution >= 0.6 is 22.9 Å². The Labute approximate surface area is 366 Å². The van der Waals surface area contributed by atoms with Crippen LogP contribution < -0.4 is 25.4 Å². The van der Waals surface area contributed by atoms with E-state index in [1.165, 1.54) is 29.8 Å². The average Bonchev–Trinajstić information content (AvgIpc) is 3.86. The lowest BCUT2D eigenvalue weighted by Crippen LogP contribution is -2.59. The van der Waals surface area contributed by atoms with Crippen LogP contribution in [0.25, 0.3) is 22.3 Å². The number of carbonyl (C=O) groups excluding carboxylic acids is 4. The van der Waals surface area contributed by atoms with Crippen molar-refractivity contribution in [2.45, 2.75) is 103 Å². The van der Waals surface area contributed by atoms with Crippen LogP contribution in [0.15, 0.2) is 36.2 Å². The number of benzene rings is 1. The number of fused-ring (bicyclic) bond motifs is 2. The van der Waals surface area contributed by atoms with E-state index in [9.17, 15) is 19.2 Å². The molecule has 61 heavy (non-hydrogen) atoms. The van der Waals surface area contributed by atoms with Gasteiger partial charge >= 0.3 is 12.1 Å². The van der Waals surface area contributed by atoms with Crippen molar-refractivity contribution in [3.05, 3.63) is 41.3 Å². The molecule has 330 valence electrons. The summed E-state index contributed by atoms with van der Waals surface area (Å²) < 4.78 is 23.8. The van der Waals surface area contributed by atoms with Crippen LogP contribution in [0.3, 0.4) is 0 Å². The number of rotatable bonds is 16. The van der Waals surface area contributed by atoms with Gasteiger partial charge in [-0.3, -0.25) is 9.59 Å². The van der Waals surface area contributed by atoms with Gasteiger partial charge in [0.1, 0.15) is 58.7 Å². The minimum atomic E-state index is -1.30. The number of pyridine rings is 1. The second-order valence-corrected chi connectivity index (χ2v) is 19.7. The fourth-order valence-corrected chi connectivity index (χ4v) is 9.62. The maximum absolute atomic E-state index is 14.8. The first-order chi connectivity index (χ1) is 28.9. The third kappa shape index (κ3) is 9.71. The van der Waals surface area contributed by atoms with Crippen molar-refractivity contribution in [3.8, 4) is 22.9 Å². The molecule has 8 atom stereocenters. The van der Waals surface area contributed by atoms with E-state index in [1.807, 2.05) is 65.1 Å². The number of nitrogens with one attached hydrogen (secondary N) is 3. The van der Waals surface area contributed by atoms with E-state index in [2.05, 4.69) is 22.5 Å². The summed E-state index contributed by atoms with van der Waals surface area (Å²) in [6, 6.07) is 3.41. The lowest BCUT2D eigenvalue weighted by atomic mass is 9.85. The number of esters is 1. The van der Waals surface area contributed by atoms with Crippen LogP contribution in [0.2, 0.25) is 5.02 Å². The van der Waals surface area contributed by atoms with E-state index in [4.69, 9.17) is 40.5 Å². The molecule has 1 unspecified atom stereocenters. The summed E-state index contributed by atoms with van der Waals surface area (Å²) in [5.41, 5.74) is -0.540. The first kappa shape index (κ1) is 44.4. The zero-order valence-electron chi connectivity index (χ0n) is 36.2. The first-order valence-corrected chi connectivity index (χ1v) is 22.3. The van der Waals surface area contributed by atoms with E-state index >= 15 is 0 Å². The van der Waals surface area contributed by atoms with E-state index in [0.717, 1.165) is 18.0 Å². The summed E-state index contributed by atoms with van der Waals surface area (Å²) in [4.78, 5) is 68.8. The Bertz CT molecular complexity index is 2170. The minimum Gasteiger partial charge on any atom is -0.491 e. The number of alkyl carbamates (subject to hydrolysis) is 1. The van der Waals surface area contributed by atoms with Gasteiger partial charge in [-0.25, -0.2) is 19.6 Å². The van der Waals surface area contributed by atoms with Gasteiger partial charge < -0.3 is 44.7 Å².